The molecule has 0 radical (unpaired) electrons. The highest BCUT2D eigenvalue weighted by Crippen LogP contribution is 2.36. The first-order valence-electron chi connectivity index (χ1n) is 13.5. The van der Waals surface area contributed by atoms with Crippen molar-refractivity contribution >= 4 is 22.4 Å². The van der Waals surface area contributed by atoms with Gasteiger partial charge in [0.15, 0.2) is 22.8 Å². The van der Waals surface area contributed by atoms with Crippen molar-refractivity contribution in [1.29, 1.82) is 0 Å². The number of hydrogen-bond donors (Lipinski definition) is 1. The molecule has 1 aromatic heterocycles. The standard InChI is InChI=1S/C35H33NO5/c1-24(21-33(37)36-20-19-25-17-18-29(38-2)32(22-25)39-3)31-23-28-15-10-16-30(35(28)41-31)40-34(26-11-6-4-7-12-26)27-13-8-5-9-14-27/h4-18,21-23,34H,19-20H2,1-3H3,(H,36,37)/b24-21+. The fourth-order valence-corrected chi connectivity index (χ4v) is 4.72. The molecule has 1 amide bonds. The van der Waals surface area contributed by atoms with E-state index in [1.165, 1.54) is 0 Å². The van der Waals surface area contributed by atoms with Gasteiger partial charge in [-0.25, -0.2) is 0 Å². The number of amides is 1. The van der Waals surface area contributed by atoms with Gasteiger partial charge in [0, 0.05) is 18.0 Å². The first kappa shape index (κ1) is 27.6. The Morgan fingerprint density at radius 1 is 0.805 bits per heavy atom. The summed E-state index contributed by atoms with van der Waals surface area (Å²) in [6.07, 6.45) is 1.92. The van der Waals surface area contributed by atoms with Crippen molar-refractivity contribution in [3.63, 3.8) is 0 Å². The second-order valence-electron chi connectivity index (χ2n) is 9.66. The van der Waals surface area contributed by atoms with Crippen LogP contribution in [0, 0.1) is 0 Å². The number of allylic oxidation sites excluding steroid dienone is 1. The van der Waals surface area contributed by atoms with Crippen molar-refractivity contribution in [3.05, 3.63) is 132 Å². The molecule has 41 heavy (non-hydrogen) atoms. The first-order chi connectivity index (χ1) is 20.1. The summed E-state index contributed by atoms with van der Waals surface area (Å²) in [6.45, 7) is 2.35. The molecule has 0 bridgehead atoms. The van der Waals surface area contributed by atoms with Crippen LogP contribution in [0.1, 0.15) is 35.5 Å². The first-order valence-corrected chi connectivity index (χ1v) is 13.5. The van der Waals surface area contributed by atoms with E-state index in [9.17, 15) is 4.79 Å². The maximum atomic E-state index is 12.7. The lowest BCUT2D eigenvalue weighted by Crippen LogP contribution is -2.23. The van der Waals surface area contributed by atoms with Crippen LogP contribution in [0.4, 0.5) is 0 Å². The molecule has 4 aromatic carbocycles. The van der Waals surface area contributed by atoms with E-state index < -0.39 is 0 Å². The maximum absolute atomic E-state index is 12.7. The van der Waals surface area contributed by atoms with Gasteiger partial charge in [-0.2, -0.15) is 0 Å². The molecule has 0 spiro atoms. The highest BCUT2D eigenvalue weighted by atomic mass is 16.5. The highest BCUT2D eigenvalue weighted by molar-refractivity contribution is 5.95. The summed E-state index contributed by atoms with van der Waals surface area (Å²) in [5, 5.41) is 3.85. The number of carbonyl (C=O) groups is 1. The van der Waals surface area contributed by atoms with Gasteiger partial charge in [0.1, 0.15) is 11.9 Å². The van der Waals surface area contributed by atoms with Gasteiger partial charge in [-0.05, 0) is 59.9 Å². The maximum Gasteiger partial charge on any atom is 0.244 e. The number of hydrogen-bond acceptors (Lipinski definition) is 5. The fourth-order valence-electron chi connectivity index (χ4n) is 4.72. The summed E-state index contributed by atoms with van der Waals surface area (Å²) >= 11 is 0. The molecule has 0 atom stereocenters. The van der Waals surface area contributed by atoms with Crippen LogP contribution in [0.2, 0.25) is 0 Å². The molecule has 0 aliphatic heterocycles. The zero-order chi connectivity index (χ0) is 28.6. The Morgan fingerprint density at radius 2 is 1.49 bits per heavy atom. The minimum atomic E-state index is -0.301. The highest BCUT2D eigenvalue weighted by Gasteiger charge is 2.19. The van der Waals surface area contributed by atoms with Crippen LogP contribution in [0.5, 0.6) is 17.2 Å². The molecule has 6 heteroatoms. The molecule has 1 N–H and O–H groups in total. The average Bonchev–Trinajstić information content (AvgIpc) is 3.46. The number of fused-ring (bicyclic) bond motifs is 1. The van der Waals surface area contributed by atoms with Gasteiger partial charge in [0.05, 0.1) is 14.2 Å². The van der Waals surface area contributed by atoms with E-state index in [4.69, 9.17) is 18.6 Å². The van der Waals surface area contributed by atoms with Gasteiger partial charge in [-0.15, -0.1) is 0 Å². The van der Waals surface area contributed by atoms with Gasteiger partial charge in [-0.3, -0.25) is 4.79 Å². The SMILES string of the molecule is COc1ccc(CCNC(=O)/C=C(\C)c2cc3cccc(OC(c4ccccc4)c4ccccc4)c3o2)cc1OC. The molecule has 6 nitrogen and oxygen atoms in total. The van der Waals surface area contributed by atoms with Crippen molar-refractivity contribution in [1.82, 2.24) is 5.32 Å². The second-order valence-corrected chi connectivity index (χ2v) is 9.66. The van der Waals surface area contributed by atoms with E-state index >= 15 is 0 Å². The Kier molecular flexibility index (Phi) is 8.70. The third-order valence-corrected chi connectivity index (χ3v) is 6.85. The molecule has 0 aliphatic carbocycles. The summed E-state index contributed by atoms with van der Waals surface area (Å²) in [5.74, 6) is 2.40. The van der Waals surface area contributed by atoms with Gasteiger partial charge in [0.2, 0.25) is 5.91 Å². The number of methoxy groups -OCH3 is 2. The van der Waals surface area contributed by atoms with Crippen LogP contribution < -0.4 is 19.5 Å². The fraction of sp³-hybridized carbons (Fsp3) is 0.171. The largest absolute Gasteiger partial charge is 0.493 e. The Labute approximate surface area is 240 Å². The van der Waals surface area contributed by atoms with Crippen LogP contribution in [-0.4, -0.2) is 26.7 Å². The predicted octanol–water partition coefficient (Wildman–Crippen LogP) is 7.38. The predicted molar refractivity (Wildman–Crippen MR) is 161 cm³/mol. The van der Waals surface area contributed by atoms with E-state index in [1.54, 1.807) is 20.3 Å². The smallest absolute Gasteiger partial charge is 0.244 e. The molecule has 5 rings (SSSR count). The number of ether oxygens (including phenoxy) is 3. The third-order valence-electron chi connectivity index (χ3n) is 6.85. The third kappa shape index (κ3) is 6.61. The Balaban J connectivity index is 1.30. The monoisotopic (exact) mass is 547 g/mol. The van der Waals surface area contributed by atoms with Gasteiger partial charge >= 0.3 is 0 Å². The molecular weight excluding hydrogens is 514 g/mol. The van der Waals surface area contributed by atoms with E-state index in [0.29, 0.717) is 41.6 Å². The zero-order valence-corrected chi connectivity index (χ0v) is 23.4. The van der Waals surface area contributed by atoms with Gasteiger partial charge in [-0.1, -0.05) is 78.9 Å². The molecule has 0 aliphatic rings. The van der Waals surface area contributed by atoms with Crippen LogP contribution >= 0.6 is 0 Å². The normalized spacial score (nSPS) is 11.5. The van der Waals surface area contributed by atoms with Crippen molar-refractivity contribution in [3.8, 4) is 17.2 Å². The molecule has 0 saturated carbocycles. The number of para-hydroxylation sites is 1. The van der Waals surface area contributed by atoms with Crippen molar-refractivity contribution in [2.75, 3.05) is 20.8 Å². The zero-order valence-electron chi connectivity index (χ0n) is 23.4. The molecule has 5 aromatic rings. The lowest BCUT2D eigenvalue weighted by molar-refractivity contribution is -0.116. The average molecular weight is 548 g/mol. The minimum absolute atomic E-state index is 0.187. The van der Waals surface area contributed by atoms with Gasteiger partial charge < -0.3 is 23.9 Å². The number of benzene rings is 4. The summed E-state index contributed by atoms with van der Waals surface area (Å²) < 4.78 is 23.5. The summed E-state index contributed by atoms with van der Waals surface area (Å²) in [7, 11) is 3.21. The Hall–Kier alpha value is -4.97. The minimum Gasteiger partial charge on any atom is -0.493 e. The number of rotatable bonds is 11. The number of nitrogens with one attached hydrogen (secondary N) is 1. The van der Waals surface area contributed by atoms with E-state index in [1.807, 2.05) is 85.8 Å². The lowest BCUT2D eigenvalue weighted by atomic mass is 10.0. The van der Waals surface area contributed by atoms with Crippen molar-refractivity contribution in [2.24, 2.45) is 0 Å². The quantitative estimate of drug-likeness (QED) is 0.175. The van der Waals surface area contributed by atoms with Gasteiger partial charge in [0.25, 0.3) is 0 Å². The summed E-state index contributed by atoms with van der Waals surface area (Å²) in [5.41, 5.74) is 4.49. The van der Waals surface area contributed by atoms with Crippen LogP contribution in [0.15, 0.2) is 114 Å². The Morgan fingerprint density at radius 3 is 2.15 bits per heavy atom. The van der Waals surface area contributed by atoms with Crippen LogP contribution in [0.3, 0.4) is 0 Å². The lowest BCUT2D eigenvalue weighted by Gasteiger charge is -2.20. The van der Waals surface area contributed by atoms with Crippen molar-refractivity contribution in [2.45, 2.75) is 19.4 Å². The molecule has 0 fully saturated rings. The number of carbonyl (C=O) groups excluding carboxylic acids is 1. The van der Waals surface area contributed by atoms with Crippen LogP contribution in [0.25, 0.3) is 16.5 Å². The molecule has 0 unspecified atom stereocenters. The second kappa shape index (κ2) is 12.9. The molecule has 1 heterocycles. The molecule has 208 valence electrons. The molecule has 0 saturated heterocycles. The van der Waals surface area contributed by atoms with E-state index in [-0.39, 0.29) is 12.0 Å². The van der Waals surface area contributed by atoms with E-state index in [0.717, 1.165) is 27.6 Å². The summed E-state index contributed by atoms with van der Waals surface area (Å²) in [4.78, 5) is 12.7. The topological polar surface area (TPSA) is 69.9 Å². The summed E-state index contributed by atoms with van der Waals surface area (Å²) in [6, 6.07) is 33.8. The Bertz CT molecular complexity index is 1600. The van der Waals surface area contributed by atoms with E-state index in [2.05, 4.69) is 29.6 Å². The van der Waals surface area contributed by atoms with Crippen LogP contribution in [-0.2, 0) is 11.2 Å². The number of furan rings is 1. The van der Waals surface area contributed by atoms with Crippen molar-refractivity contribution < 1.29 is 23.4 Å². The molecular formula is C35H33NO5.